The number of ether oxygens (including phenoxy) is 2. The number of hydrogen-bond acceptors (Lipinski definition) is 15. The van der Waals surface area contributed by atoms with Gasteiger partial charge in [-0.3, -0.25) is 23.7 Å². The first-order valence-corrected chi connectivity index (χ1v) is 30.6. The van der Waals surface area contributed by atoms with Crippen LogP contribution in [-0.2, 0) is 60.0 Å². The molecule has 5 aliphatic rings. The van der Waals surface area contributed by atoms with Crippen LogP contribution in [0, 0.1) is 23.7 Å². The Labute approximate surface area is 469 Å². The number of nitrogens with zero attached hydrogens (tertiary/aromatic N) is 3. The molecular formula is C58H75N3O15S3. The summed E-state index contributed by atoms with van der Waals surface area (Å²) in [6, 6.07) is 8.51. The number of aryl methyl sites for hydroxylation is 1. The number of fused-ring (bicyclic) bond motifs is 2. The van der Waals surface area contributed by atoms with Crippen molar-refractivity contribution >= 4 is 61.5 Å². The summed E-state index contributed by atoms with van der Waals surface area (Å²) in [4.78, 5) is 43.8. The number of unbranched alkanes of at least 4 members (excludes halogenated alkanes) is 4. The van der Waals surface area contributed by atoms with Crippen LogP contribution in [0.2, 0.25) is 0 Å². The molecule has 0 spiro atoms. The van der Waals surface area contributed by atoms with Crippen LogP contribution < -0.4 is 14.9 Å². The molecule has 2 N–H and O–H groups in total. The Hall–Kier alpha value is -5.23. The average Bonchev–Trinajstić information content (AvgIpc) is 4.23. The van der Waals surface area contributed by atoms with Gasteiger partial charge in [-0.25, -0.2) is 9.37 Å². The van der Waals surface area contributed by atoms with Crippen molar-refractivity contribution in [2.45, 2.75) is 167 Å². The van der Waals surface area contributed by atoms with Crippen LogP contribution in [0.5, 0.6) is 5.75 Å². The standard InChI is InChI=1S/C58H75N3O15S3/c1-10-11-30-60-49(58(9,57(7,8)37-72-56(4,5)6)48-36-45(77-76-75-65)32-38(2)54(48)60)27-21-41-18-16-17-40(55(41)73-44-23-25-46(26-24-44)78(66,67)68)20-22-43-34-42-35-47(79(69,70)71)33-39(3)53(42)59(43)31-15-13-12-14-19-52(64)74-61-50(62)28-29-51(61)63/h20-27,32-33,35-36,48,54H,10-19,28-31,34,37H2,1-9H3,(H2-,65,66,67,68,69,70,71). The minimum Gasteiger partial charge on any atom is -0.691 e. The van der Waals surface area contributed by atoms with Gasteiger partial charge >= 0.3 is 5.97 Å². The van der Waals surface area contributed by atoms with E-state index in [9.17, 15) is 45.6 Å². The van der Waals surface area contributed by atoms with Crippen molar-refractivity contribution in [2.24, 2.45) is 16.7 Å². The first-order valence-electron chi connectivity index (χ1n) is 27.0. The van der Waals surface area contributed by atoms with Crippen LogP contribution in [0.1, 0.15) is 144 Å². The number of carbonyl (C=O) groups excluding carboxylic acids is 3. The fourth-order valence-electron chi connectivity index (χ4n) is 11.3. The van der Waals surface area contributed by atoms with Gasteiger partial charge in [0.2, 0.25) is 0 Å². The van der Waals surface area contributed by atoms with Crippen LogP contribution in [0.4, 0.5) is 5.69 Å². The molecule has 79 heavy (non-hydrogen) atoms. The number of allylic oxidation sites excluding steroid dienone is 8. The van der Waals surface area contributed by atoms with Crippen LogP contribution in [0.25, 0.3) is 0 Å². The highest BCUT2D eigenvalue weighted by Crippen LogP contribution is 2.56. The molecule has 3 aliphatic heterocycles. The Morgan fingerprint density at radius 2 is 1.58 bits per heavy atom. The number of hydrogen-bond donors (Lipinski definition) is 2. The predicted molar refractivity (Wildman–Crippen MR) is 297 cm³/mol. The van der Waals surface area contributed by atoms with Gasteiger partial charge in [-0.15, -0.1) is 5.06 Å². The van der Waals surface area contributed by atoms with Gasteiger partial charge in [0.15, 0.2) is 11.8 Å². The maximum absolute atomic E-state index is 12.5. The molecule has 7 rings (SSSR count). The lowest BCUT2D eigenvalue weighted by Crippen LogP contribution is -2.49. The van der Waals surface area contributed by atoms with Crippen molar-refractivity contribution in [3.63, 3.8) is 0 Å². The minimum atomic E-state index is -4.52. The van der Waals surface area contributed by atoms with E-state index < -0.39 is 54.5 Å². The number of amides is 2. The summed E-state index contributed by atoms with van der Waals surface area (Å²) in [5.41, 5.74) is 5.60. The Bertz CT molecular complexity index is 3110. The number of rotatable bonds is 24. The van der Waals surface area contributed by atoms with E-state index in [1.165, 1.54) is 36.4 Å². The maximum Gasteiger partial charge on any atom is 0.333 e. The SMILES string of the molecule is CCCC[N+]1=C(/C=C/C2=C(Oc3ccc(S(=O)(=O)O)cc3)C(=C/C=C3\Cc4cc(S(=O)(=O)O)cc(C)c4N3CCCCCCC(=O)ON3C(=O)CCC3=O)/CCC2)C(C)(C(C)(C)COC(C)(C)C)C2C=C(SOO[O-])C=C(C)C21. The number of imide groups is 1. The van der Waals surface area contributed by atoms with Crippen molar-refractivity contribution in [3.05, 3.63) is 117 Å². The predicted octanol–water partition coefficient (Wildman–Crippen LogP) is 10.1. The van der Waals surface area contributed by atoms with Crippen LogP contribution >= 0.6 is 12.0 Å². The van der Waals surface area contributed by atoms with Crippen molar-refractivity contribution in [3.8, 4) is 5.75 Å². The van der Waals surface area contributed by atoms with Gasteiger partial charge in [0.25, 0.3) is 32.1 Å². The van der Waals surface area contributed by atoms with Gasteiger partial charge in [0, 0.05) is 66.4 Å². The normalized spacial score (nSPS) is 22.2. The first-order chi connectivity index (χ1) is 37.2. The number of benzene rings is 2. The fourth-order valence-corrected chi connectivity index (χ4v) is 12.9. The molecule has 2 aromatic rings. The summed E-state index contributed by atoms with van der Waals surface area (Å²) in [5.74, 6) is -0.880. The fraction of sp³-hybridized carbons (Fsp3) is 0.517. The summed E-state index contributed by atoms with van der Waals surface area (Å²) >= 11 is 0.885. The molecule has 1 saturated heterocycles. The highest BCUT2D eigenvalue weighted by Gasteiger charge is 2.63. The molecule has 0 radical (unpaired) electrons. The summed E-state index contributed by atoms with van der Waals surface area (Å²) in [7, 11) is -9.00. The first kappa shape index (κ1) is 61.4. The third-order valence-electron chi connectivity index (χ3n) is 15.6. The summed E-state index contributed by atoms with van der Waals surface area (Å²) < 4.78 is 89.8. The Morgan fingerprint density at radius 3 is 2.23 bits per heavy atom. The van der Waals surface area contributed by atoms with E-state index in [4.69, 9.17) is 18.6 Å². The molecule has 2 amide bonds. The zero-order chi connectivity index (χ0) is 57.7. The van der Waals surface area contributed by atoms with Gasteiger partial charge < -0.3 is 24.5 Å². The van der Waals surface area contributed by atoms with E-state index in [1.807, 2.05) is 39.0 Å². The molecule has 3 heterocycles. The molecule has 430 valence electrons. The second-order valence-corrected chi connectivity index (χ2v) is 26.4. The molecular weight excluding hydrogens is 1070 g/mol. The number of carbonyl (C=O) groups is 3. The molecule has 21 heteroatoms. The lowest BCUT2D eigenvalue weighted by molar-refractivity contribution is -0.777. The highest BCUT2D eigenvalue weighted by molar-refractivity contribution is 7.98. The number of anilines is 1. The third-order valence-corrected chi connectivity index (χ3v) is 17.9. The van der Waals surface area contributed by atoms with Gasteiger partial charge in [0.05, 0.1) is 45.4 Å². The monoisotopic (exact) mass is 1150 g/mol. The van der Waals surface area contributed by atoms with Gasteiger partial charge in [-0.2, -0.15) is 21.2 Å². The average molecular weight is 1150 g/mol. The van der Waals surface area contributed by atoms with Gasteiger partial charge in [0.1, 0.15) is 18.1 Å². The van der Waals surface area contributed by atoms with Gasteiger partial charge in [-0.1, -0.05) is 52.2 Å². The van der Waals surface area contributed by atoms with E-state index in [0.717, 1.165) is 88.6 Å². The molecule has 2 aromatic carbocycles. The van der Waals surface area contributed by atoms with Crippen LogP contribution in [0.3, 0.4) is 0 Å². The summed E-state index contributed by atoms with van der Waals surface area (Å²) in [5, 5.41) is 15.4. The molecule has 3 unspecified atom stereocenters. The lowest BCUT2D eigenvalue weighted by Gasteiger charge is -2.44. The molecule has 2 aliphatic carbocycles. The molecule has 0 aromatic heterocycles. The van der Waals surface area contributed by atoms with Crippen LogP contribution in [0.15, 0.2) is 116 Å². The Balaban J connectivity index is 1.28. The number of hydroxylamine groups is 2. The zero-order valence-corrected chi connectivity index (χ0v) is 49.1. The maximum atomic E-state index is 12.5. The second kappa shape index (κ2) is 25.3. The molecule has 0 bridgehead atoms. The molecule has 18 nitrogen and oxygen atoms in total. The summed E-state index contributed by atoms with van der Waals surface area (Å²) in [6.07, 6.45) is 19.4. The third kappa shape index (κ3) is 14.5. The van der Waals surface area contributed by atoms with Crippen molar-refractivity contribution in [1.29, 1.82) is 0 Å². The largest absolute Gasteiger partial charge is 0.691 e. The zero-order valence-electron chi connectivity index (χ0n) is 46.7. The Morgan fingerprint density at radius 1 is 0.899 bits per heavy atom. The van der Waals surface area contributed by atoms with Crippen molar-refractivity contribution in [1.82, 2.24) is 5.06 Å². The Kier molecular flexibility index (Phi) is 19.6. The van der Waals surface area contributed by atoms with E-state index in [1.54, 1.807) is 6.92 Å². The van der Waals surface area contributed by atoms with E-state index in [-0.39, 0.29) is 41.0 Å². The van der Waals surface area contributed by atoms with Crippen molar-refractivity contribution < 1.29 is 73.8 Å². The molecule has 0 saturated carbocycles. The topological polar surface area (TPSA) is 239 Å². The smallest absolute Gasteiger partial charge is 0.333 e. The molecule has 1 fully saturated rings. The highest BCUT2D eigenvalue weighted by atomic mass is 32.2. The van der Waals surface area contributed by atoms with Gasteiger partial charge in [-0.05, 0) is 156 Å². The van der Waals surface area contributed by atoms with Crippen molar-refractivity contribution in [2.75, 3.05) is 24.6 Å². The second-order valence-electron chi connectivity index (χ2n) is 22.8. The molecule has 3 atom stereocenters. The minimum absolute atomic E-state index is 0.0145. The van der Waals surface area contributed by atoms with Crippen LogP contribution in [-0.4, -0.2) is 90.4 Å². The lowest BCUT2D eigenvalue weighted by atomic mass is 9.56. The van der Waals surface area contributed by atoms with E-state index in [0.29, 0.717) is 73.8 Å². The van der Waals surface area contributed by atoms with E-state index in [2.05, 4.69) is 67.4 Å². The summed E-state index contributed by atoms with van der Waals surface area (Å²) in [6.45, 7) is 20.7. The quantitative estimate of drug-likeness (QED) is 0.0189. The van der Waals surface area contributed by atoms with E-state index >= 15 is 0 Å².